The van der Waals surface area contributed by atoms with E-state index in [1.165, 1.54) is 96.3 Å². The van der Waals surface area contributed by atoms with Crippen LogP contribution < -0.4 is 0 Å². The highest BCUT2D eigenvalue weighted by Gasteiger charge is 2.48. The largest absolute Gasteiger partial charge is 0.457 e. The van der Waals surface area contributed by atoms with Crippen molar-refractivity contribution in [2.45, 2.75) is 250 Å². The minimum absolute atomic E-state index is 0.0255. The number of esters is 1. The van der Waals surface area contributed by atoms with Crippen molar-refractivity contribution in [1.82, 2.24) is 0 Å². The van der Waals surface area contributed by atoms with Gasteiger partial charge in [0, 0.05) is 13.0 Å². The van der Waals surface area contributed by atoms with Gasteiger partial charge in [0.25, 0.3) is 0 Å². The zero-order chi connectivity index (χ0) is 51.7. The van der Waals surface area contributed by atoms with Gasteiger partial charge in [-0.15, -0.1) is 0 Å². The smallest absolute Gasteiger partial charge is 0.397 e. The van der Waals surface area contributed by atoms with E-state index in [-0.39, 0.29) is 19.6 Å². The fourth-order valence-electron chi connectivity index (χ4n) is 8.08. The number of allylic oxidation sites excluding steroid dienone is 14. The third-order valence-electron chi connectivity index (χ3n) is 12.3. The van der Waals surface area contributed by atoms with E-state index in [0.29, 0.717) is 13.0 Å². The van der Waals surface area contributed by atoms with Crippen LogP contribution in [0, 0.1) is 0 Å². The Hall–Kier alpha value is -2.72. The third kappa shape index (κ3) is 41.3. The van der Waals surface area contributed by atoms with Gasteiger partial charge in [0.1, 0.15) is 30.5 Å². The number of aliphatic hydroxyl groups excluding tert-OH is 3. The lowest BCUT2D eigenvalue weighted by molar-refractivity contribution is -0.301. The van der Waals surface area contributed by atoms with Gasteiger partial charge < -0.3 is 34.3 Å². The van der Waals surface area contributed by atoms with Crippen LogP contribution in [0.15, 0.2) is 85.1 Å². The van der Waals surface area contributed by atoms with E-state index in [1.807, 2.05) is 0 Å². The van der Waals surface area contributed by atoms with E-state index in [1.54, 1.807) is 0 Å². The molecule has 0 aliphatic carbocycles. The first-order valence-electron chi connectivity index (χ1n) is 27.8. The SMILES string of the molecule is CC/C=C\C/C=C\C/C=C\C/C=C\C/C=C\CCCCCCCCCCCC(=O)OC(COCCCCCCCCCC/C=C\C/C=C\CCCCCC)COC1OC(CO)C(O)C(OS(=O)(=O)O)C1O. The molecule has 0 aromatic heterocycles. The van der Waals surface area contributed by atoms with Crippen LogP contribution in [-0.2, 0) is 38.3 Å². The van der Waals surface area contributed by atoms with E-state index in [9.17, 15) is 33.1 Å². The molecule has 1 aliphatic rings. The van der Waals surface area contributed by atoms with Gasteiger partial charge in [-0.1, -0.05) is 202 Å². The molecule has 1 aliphatic heterocycles. The van der Waals surface area contributed by atoms with Crippen LogP contribution in [0.2, 0.25) is 0 Å². The number of hydrogen-bond acceptors (Lipinski definition) is 11. The van der Waals surface area contributed by atoms with Crippen LogP contribution in [-0.4, -0.2) is 97.5 Å². The van der Waals surface area contributed by atoms with Crippen molar-refractivity contribution in [1.29, 1.82) is 0 Å². The molecule has 6 atom stereocenters. The molecule has 0 spiro atoms. The molecule has 0 aromatic rings. The molecule has 0 aromatic carbocycles. The first kappa shape index (κ1) is 66.3. The molecule has 410 valence electrons. The molecule has 0 saturated carbocycles. The van der Waals surface area contributed by atoms with Crippen molar-refractivity contribution in [2.75, 3.05) is 26.4 Å². The van der Waals surface area contributed by atoms with Crippen LogP contribution in [0.4, 0.5) is 0 Å². The average molecular weight is 1020 g/mol. The van der Waals surface area contributed by atoms with Crippen LogP contribution >= 0.6 is 0 Å². The van der Waals surface area contributed by atoms with Crippen molar-refractivity contribution in [2.24, 2.45) is 0 Å². The maximum atomic E-state index is 13.0. The van der Waals surface area contributed by atoms with Crippen LogP contribution in [0.25, 0.3) is 0 Å². The highest BCUT2D eigenvalue weighted by atomic mass is 32.3. The Morgan fingerprint density at radius 2 is 0.972 bits per heavy atom. The summed E-state index contributed by atoms with van der Waals surface area (Å²) in [6, 6.07) is 0. The first-order valence-corrected chi connectivity index (χ1v) is 29.2. The Bertz CT molecular complexity index is 1550. The molecule has 0 radical (unpaired) electrons. The maximum Gasteiger partial charge on any atom is 0.397 e. The average Bonchev–Trinajstić information content (AvgIpc) is 3.35. The second kappa shape index (κ2) is 48.2. The monoisotopic (exact) mass is 1020 g/mol. The predicted octanol–water partition coefficient (Wildman–Crippen LogP) is 13.6. The molecule has 71 heavy (non-hydrogen) atoms. The maximum absolute atomic E-state index is 13.0. The zero-order valence-electron chi connectivity index (χ0n) is 44.3. The van der Waals surface area contributed by atoms with E-state index in [0.717, 1.165) is 89.9 Å². The Kier molecular flexibility index (Phi) is 45.0. The van der Waals surface area contributed by atoms with Crippen LogP contribution in [0.3, 0.4) is 0 Å². The summed E-state index contributed by atoms with van der Waals surface area (Å²) in [7, 11) is -5.07. The summed E-state index contributed by atoms with van der Waals surface area (Å²) in [5.74, 6) is -0.410. The van der Waals surface area contributed by atoms with Gasteiger partial charge in [-0.25, -0.2) is 4.18 Å². The topological polar surface area (TPSA) is 178 Å². The number of hydrogen-bond donors (Lipinski definition) is 4. The summed E-state index contributed by atoms with van der Waals surface area (Å²) in [6.07, 6.45) is 56.1. The predicted molar refractivity (Wildman–Crippen MR) is 289 cm³/mol. The van der Waals surface area contributed by atoms with E-state index in [2.05, 4.69) is 103 Å². The number of unbranched alkanes of at least 4 members (excludes halogenated alkanes) is 21. The molecule has 0 amide bonds. The number of ether oxygens (including phenoxy) is 4. The standard InChI is InChI=1S/C58H100O12S/c1-3-5-7-9-11-13-15-17-19-21-23-24-25-26-27-28-29-31-33-35-37-39-41-43-45-47-54(60)68-52(51-67-58-56(62)57(70-71(63,64)65)55(61)53(49-59)69-58)50-66-48-46-44-42-40-38-36-34-32-30-22-20-18-16-14-12-10-8-6-4-2/h5,7,11,13-14,16-17,19-20,22-24,26-27,52-53,55-59,61-62H,3-4,6,8-10,12,15,18,21,25,28-51H2,1-2H3,(H,63,64,65)/b7-5-,13-11-,16-14-,19-17-,22-20-,24-23-,27-26-. The van der Waals surface area contributed by atoms with Crippen molar-refractivity contribution >= 4 is 16.4 Å². The molecule has 1 saturated heterocycles. The fourth-order valence-corrected chi connectivity index (χ4v) is 8.59. The Labute approximate surface area is 432 Å². The fraction of sp³-hybridized carbons (Fsp3) is 0.741. The zero-order valence-corrected chi connectivity index (χ0v) is 45.1. The van der Waals surface area contributed by atoms with Crippen molar-refractivity contribution in [3.05, 3.63) is 85.1 Å². The molecule has 0 bridgehead atoms. The summed E-state index contributed by atoms with van der Waals surface area (Å²) in [4.78, 5) is 13.0. The molecular weight excluding hydrogens is 921 g/mol. The number of carbonyl (C=O) groups is 1. The molecule has 1 rings (SSSR count). The van der Waals surface area contributed by atoms with Gasteiger partial charge in [-0.3, -0.25) is 9.35 Å². The number of carbonyl (C=O) groups excluding carboxylic acids is 1. The normalized spacial score (nSPS) is 19.7. The van der Waals surface area contributed by atoms with Crippen LogP contribution in [0.1, 0.15) is 213 Å². The highest BCUT2D eigenvalue weighted by Crippen LogP contribution is 2.26. The van der Waals surface area contributed by atoms with Gasteiger partial charge >= 0.3 is 16.4 Å². The highest BCUT2D eigenvalue weighted by molar-refractivity contribution is 7.80. The molecule has 1 fully saturated rings. The van der Waals surface area contributed by atoms with Gasteiger partial charge in [0.2, 0.25) is 0 Å². The summed E-state index contributed by atoms with van der Waals surface area (Å²) in [5.41, 5.74) is 0. The summed E-state index contributed by atoms with van der Waals surface area (Å²) >= 11 is 0. The summed E-state index contributed by atoms with van der Waals surface area (Å²) < 4.78 is 59.4. The van der Waals surface area contributed by atoms with Crippen molar-refractivity contribution in [3.63, 3.8) is 0 Å². The Morgan fingerprint density at radius 3 is 1.42 bits per heavy atom. The van der Waals surface area contributed by atoms with E-state index in [4.69, 9.17) is 18.9 Å². The molecule has 4 N–H and O–H groups in total. The van der Waals surface area contributed by atoms with Gasteiger partial charge in [-0.05, 0) is 89.9 Å². The van der Waals surface area contributed by atoms with Crippen molar-refractivity contribution in [3.8, 4) is 0 Å². The number of aliphatic hydroxyl groups is 3. The number of rotatable bonds is 48. The second-order valence-electron chi connectivity index (χ2n) is 18.8. The van der Waals surface area contributed by atoms with E-state index < -0.39 is 59.8 Å². The molecule has 13 heteroatoms. The lowest BCUT2D eigenvalue weighted by Gasteiger charge is -2.41. The molecular formula is C58H100O12S. The lowest BCUT2D eigenvalue weighted by Crippen LogP contribution is -2.60. The quantitative estimate of drug-likeness (QED) is 0.0196. The van der Waals surface area contributed by atoms with Gasteiger partial charge in [0.15, 0.2) is 6.29 Å². The van der Waals surface area contributed by atoms with Gasteiger partial charge in [-0.2, -0.15) is 8.42 Å². The molecule has 12 nitrogen and oxygen atoms in total. The summed E-state index contributed by atoms with van der Waals surface area (Å²) in [6.45, 7) is 3.85. The minimum atomic E-state index is -5.07. The Balaban J connectivity index is 2.33. The van der Waals surface area contributed by atoms with Crippen LogP contribution in [0.5, 0.6) is 0 Å². The Morgan fingerprint density at radius 1 is 0.549 bits per heavy atom. The third-order valence-corrected chi connectivity index (χ3v) is 12.7. The van der Waals surface area contributed by atoms with Crippen molar-refractivity contribution < 1.29 is 56.2 Å². The minimum Gasteiger partial charge on any atom is -0.457 e. The molecule has 6 unspecified atom stereocenters. The second-order valence-corrected chi connectivity index (χ2v) is 19.8. The first-order chi connectivity index (χ1) is 34.6. The molecule has 1 heterocycles. The van der Waals surface area contributed by atoms with E-state index >= 15 is 0 Å². The lowest BCUT2D eigenvalue weighted by atomic mass is 9.99. The van der Waals surface area contributed by atoms with Gasteiger partial charge in [0.05, 0.1) is 19.8 Å². The summed E-state index contributed by atoms with van der Waals surface area (Å²) in [5, 5.41) is 30.8.